The highest BCUT2D eigenvalue weighted by molar-refractivity contribution is 5.87. The van der Waals surface area contributed by atoms with Gasteiger partial charge in [-0.05, 0) is 24.6 Å². The van der Waals surface area contributed by atoms with Gasteiger partial charge >= 0.3 is 12.0 Å². The maximum Gasteiger partial charge on any atom is 0.335 e. The molecule has 1 unspecified atom stereocenters. The van der Waals surface area contributed by atoms with E-state index in [9.17, 15) is 9.59 Å². The Balaban J connectivity index is 2.59. The third-order valence-electron chi connectivity index (χ3n) is 2.86. The third-order valence-corrected chi connectivity index (χ3v) is 2.86. The quantitative estimate of drug-likeness (QED) is 0.739. The molecule has 3 N–H and O–H groups in total. The lowest BCUT2D eigenvalue weighted by molar-refractivity contribution is 0.0696. The van der Waals surface area contributed by atoms with Gasteiger partial charge in [0.2, 0.25) is 0 Å². The molecule has 1 aromatic carbocycles. The van der Waals surface area contributed by atoms with Crippen LogP contribution < -0.4 is 5.32 Å². The lowest BCUT2D eigenvalue weighted by Gasteiger charge is -2.23. The smallest absolute Gasteiger partial charge is 0.335 e. The lowest BCUT2D eigenvalue weighted by Crippen LogP contribution is -2.43. The second-order valence-corrected chi connectivity index (χ2v) is 4.31. The summed E-state index contributed by atoms with van der Waals surface area (Å²) in [4.78, 5) is 23.9. The molecule has 0 saturated heterocycles. The molecular formula is C13H18N2O4. The van der Waals surface area contributed by atoms with Crippen molar-refractivity contribution in [2.24, 2.45) is 0 Å². The molecule has 0 heterocycles. The van der Waals surface area contributed by atoms with E-state index in [0.29, 0.717) is 5.56 Å². The van der Waals surface area contributed by atoms with Crippen LogP contribution in [-0.4, -0.2) is 46.8 Å². The molecular weight excluding hydrogens is 248 g/mol. The van der Waals surface area contributed by atoms with Crippen LogP contribution >= 0.6 is 0 Å². The molecule has 1 atom stereocenters. The Morgan fingerprint density at radius 3 is 2.68 bits per heavy atom. The average Bonchev–Trinajstić information content (AvgIpc) is 2.43. The van der Waals surface area contributed by atoms with E-state index >= 15 is 0 Å². The number of aliphatic hydroxyl groups is 1. The first-order valence-electron chi connectivity index (χ1n) is 5.89. The Labute approximate surface area is 111 Å². The predicted octanol–water partition coefficient (Wildman–Crippen LogP) is 0.907. The predicted molar refractivity (Wildman–Crippen MR) is 69.9 cm³/mol. The van der Waals surface area contributed by atoms with Crippen molar-refractivity contribution in [2.45, 2.75) is 19.5 Å². The van der Waals surface area contributed by atoms with E-state index in [1.807, 2.05) is 0 Å². The summed E-state index contributed by atoms with van der Waals surface area (Å²) in [6.07, 6.45) is 0. The highest BCUT2D eigenvalue weighted by atomic mass is 16.4. The summed E-state index contributed by atoms with van der Waals surface area (Å²) in [5.74, 6) is -1.00. The minimum absolute atomic E-state index is 0.113. The first-order valence-corrected chi connectivity index (χ1v) is 5.89. The minimum atomic E-state index is -1.00. The molecule has 0 spiro atoms. The molecule has 0 saturated carbocycles. The largest absolute Gasteiger partial charge is 0.478 e. The zero-order valence-electron chi connectivity index (χ0n) is 11.0. The second-order valence-electron chi connectivity index (χ2n) is 4.31. The zero-order valence-corrected chi connectivity index (χ0v) is 11.0. The molecule has 1 rings (SSSR count). The van der Waals surface area contributed by atoms with Gasteiger partial charge in [-0.15, -0.1) is 0 Å². The summed E-state index contributed by atoms with van der Waals surface area (Å²) in [6, 6.07) is 5.78. The molecule has 104 valence electrons. The molecule has 0 fully saturated rings. The molecule has 1 aromatic rings. The fourth-order valence-corrected chi connectivity index (χ4v) is 1.44. The van der Waals surface area contributed by atoms with Crippen LogP contribution in [0.5, 0.6) is 0 Å². The fourth-order valence-electron chi connectivity index (χ4n) is 1.44. The van der Waals surface area contributed by atoms with Crippen LogP contribution in [0.3, 0.4) is 0 Å². The van der Waals surface area contributed by atoms with Crippen LogP contribution in [-0.2, 0) is 6.54 Å². The van der Waals surface area contributed by atoms with Gasteiger partial charge < -0.3 is 20.4 Å². The highest BCUT2D eigenvalue weighted by Gasteiger charge is 2.14. The monoisotopic (exact) mass is 266 g/mol. The molecule has 0 aliphatic rings. The number of nitrogens with one attached hydrogen (secondary N) is 1. The van der Waals surface area contributed by atoms with Gasteiger partial charge in [0.15, 0.2) is 0 Å². The summed E-state index contributed by atoms with van der Waals surface area (Å²) in [5.41, 5.74) is 0.891. The topological polar surface area (TPSA) is 89.9 Å². The van der Waals surface area contributed by atoms with E-state index in [0.717, 1.165) is 0 Å². The first-order chi connectivity index (χ1) is 8.95. The maximum atomic E-state index is 11.7. The van der Waals surface area contributed by atoms with Crippen LogP contribution in [0.1, 0.15) is 22.8 Å². The van der Waals surface area contributed by atoms with Crippen LogP contribution in [0.4, 0.5) is 4.79 Å². The molecule has 6 heteroatoms. The van der Waals surface area contributed by atoms with Crippen molar-refractivity contribution in [3.8, 4) is 0 Å². The normalized spacial score (nSPS) is 11.7. The van der Waals surface area contributed by atoms with Gasteiger partial charge in [-0.25, -0.2) is 9.59 Å². The Morgan fingerprint density at radius 2 is 2.11 bits per heavy atom. The Morgan fingerprint density at radius 1 is 1.42 bits per heavy atom. The number of benzene rings is 1. The number of urea groups is 1. The molecule has 19 heavy (non-hydrogen) atoms. The van der Waals surface area contributed by atoms with Crippen molar-refractivity contribution >= 4 is 12.0 Å². The number of aliphatic hydroxyl groups excluding tert-OH is 1. The standard InChI is InChI=1S/C13H18N2O4/c1-9(8-16)15(2)13(19)14-7-10-4-3-5-11(6-10)12(17)18/h3-6,9,16H,7-8H2,1-2H3,(H,14,19)(H,17,18). The van der Waals surface area contributed by atoms with Crippen molar-refractivity contribution in [1.29, 1.82) is 0 Å². The van der Waals surface area contributed by atoms with Crippen LogP contribution in [0, 0.1) is 0 Å². The Bertz CT molecular complexity index is 462. The number of amides is 2. The SMILES string of the molecule is CC(CO)N(C)C(=O)NCc1cccc(C(=O)O)c1. The van der Waals surface area contributed by atoms with E-state index in [4.69, 9.17) is 10.2 Å². The lowest BCUT2D eigenvalue weighted by atomic mass is 10.1. The summed E-state index contributed by atoms with van der Waals surface area (Å²) in [6.45, 7) is 1.85. The number of nitrogens with zero attached hydrogens (tertiary/aromatic N) is 1. The Hall–Kier alpha value is -2.08. The van der Waals surface area contributed by atoms with Crippen LogP contribution in [0.2, 0.25) is 0 Å². The summed E-state index contributed by atoms with van der Waals surface area (Å²) in [5, 5.41) is 20.5. The van der Waals surface area contributed by atoms with E-state index in [1.165, 1.54) is 17.0 Å². The van der Waals surface area contributed by atoms with E-state index in [-0.39, 0.29) is 30.8 Å². The summed E-state index contributed by atoms with van der Waals surface area (Å²) in [7, 11) is 1.59. The van der Waals surface area contributed by atoms with Crippen molar-refractivity contribution in [1.82, 2.24) is 10.2 Å². The number of carboxylic acids is 1. The zero-order chi connectivity index (χ0) is 14.4. The number of rotatable bonds is 5. The number of hydrogen-bond donors (Lipinski definition) is 3. The fraction of sp³-hybridized carbons (Fsp3) is 0.385. The number of carbonyl (C=O) groups is 2. The average molecular weight is 266 g/mol. The van der Waals surface area contributed by atoms with Crippen LogP contribution in [0.15, 0.2) is 24.3 Å². The van der Waals surface area contributed by atoms with Crippen molar-refractivity contribution < 1.29 is 19.8 Å². The first kappa shape index (κ1) is 15.0. The maximum absolute atomic E-state index is 11.7. The summed E-state index contributed by atoms with van der Waals surface area (Å²) >= 11 is 0. The molecule has 6 nitrogen and oxygen atoms in total. The molecule has 0 aliphatic carbocycles. The van der Waals surface area contributed by atoms with Crippen LogP contribution in [0.25, 0.3) is 0 Å². The molecule has 0 radical (unpaired) electrons. The van der Waals surface area contributed by atoms with Gasteiger partial charge in [0, 0.05) is 13.6 Å². The van der Waals surface area contributed by atoms with Gasteiger partial charge in [0.25, 0.3) is 0 Å². The molecule has 0 aliphatic heterocycles. The number of likely N-dealkylation sites (N-methyl/N-ethyl adjacent to an activating group) is 1. The van der Waals surface area contributed by atoms with Crippen molar-refractivity contribution in [3.63, 3.8) is 0 Å². The Kier molecular flexibility index (Phi) is 5.32. The van der Waals surface area contributed by atoms with E-state index in [1.54, 1.807) is 26.1 Å². The molecule has 0 aromatic heterocycles. The second kappa shape index (κ2) is 6.75. The number of carbonyl (C=O) groups excluding carboxylic acids is 1. The van der Waals surface area contributed by atoms with Gasteiger partial charge in [0.1, 0.15) is 0 Å². The van der Waals surface area contributed by atoms with E-state index < -0.39 is 5.97 Å². The van der Waals surface area contributed by atoms with Gasteiger partial charge in [0.05, 0.1) is 18.2 Å². The molecule has 0 bridgehead atoms. The number of hydrogen-bond acceptors (Lipinski definition) is 3. The minimum Gasteiger partial charge on any atom is -0.478 e. The third kappa shape index (κ3) is 4.26. The highest BCUT2D eigenvalue weighted by Crippen LogP contribution is 2.05. The number of aromatic carboxylic acids is 1. The molecule has 2 amide bonds. The van der Waals surface area contributed by atoms with Crippen molar-refractivity contribution in [3.05, 3.63) is 35.4 Å². The van der Waals surface area contributed by atoms with Crippen molar-refractivity contribution in [2.75, 3.05) is 13.7 Å². The van der Waals surface area contributed by atoms with Gasteiger partial charge in [-0.1, -0.05) is 12.1 Å². The number of carboxylic acid groups (broad SMARTS) is 1. The van der Waals surface area contributed by atoms with Gasteiger partial charge in [-0.3, -0.25) is 0 Å². The van der Waals surface area contributed by atoms with Gasteiger partial charge in [-0.2, -0.15) is 0 Å². The van der Waals surface area contributed by atoms with E-state index in [2.05, 4.69) is 5.32 Å². The summed E-state index contributed by atoms with van der Waals surface area (Å²) < 4.78 is 0.